The average Bonchev–Trinajstić information content (AvgIpc) is 2.72. The van der Waals surface area contributed by atoms with Crippen LogP contribution in [0.25, 0.3) is 0 Å². The van der Waals surface area contributed by atoms with E-state index in [2.05, 4.69) is 21.2 Å². The van der Waals surface area contributed by atoms with Crippen LogP contribution in [0.3, 0.4) is 0 Å². The molecule has 3 N–H and O–H groups in total. The summed E-state index contributed by atoms with van der Waals surface area (Å²) < 4.78 is 0.943. The summed E-state index contributed by atoms with van der Waals surface area (Å²) in [5.74, 6) is -2.38. The highest BCUT2D eigenvalue weighted by Crippen LogP contribution is 2.35. The summed E-state index contributed by atoms with van der Waals surface area (Å²) >= 11 is 4.90. The van der Waals surface area contributed by atoms with Gasteiger partial charge in [0.2, 0.25) is 0 Å². The van der Waals surface area contributed by atoms with E-state index in [1.54, 1.807) is 0 Å². The van der Waals surface area contributed by atoms with Gasteiger partial charge in [-0.2, -0.15) is 0 Å². The summed E-state index contributed by atoms with van der Waals surface area (Å²) in [4.78, 5) is 23.1. The van der Waals surface area contributed by atoms with Gasteiger partial charge >= 0.3 is 11.9 Å². The molecule has 0 radical (unpaired) electrons. The molecule has 1 aromatic rings. The minimum atomic E-state index is -0.992. The zero-order chi connectivity index (χ0) is 14.7. The minimum Gasteiger partial charge on any atom is -0.481 e. The van der Waals surface area contributed by atoms with E-state index in [4.69, 9.17) is 10.2 Å². The fraction of sp³-hybridized carbons (Fsp3) is 0.385. The summed E-state index contributed by atoms with van der Waals surface area (Å²) in [7, 11) is 0. The Bertz CT molecular complexity index is 525. The third-order valence-electron chi connectivity index (χ3n) is 3.20. The van der Waals surface area contributed by atoms with Gasteiger partial charge in [-0.25, -0.2) is 0 Å². The number of aliphatic carboxylic acids is 2. The van der Waals surface area contributed by atoms with E-state index >= 15 is 0 Å². The topological polar surface area (TPSA) is 86.6 Å². The van der Waals surface area contributed by atoms with Crippen LogP contribution in [0.1, 0.15) is 6.42 Å². The summed E-state index contributed by atoms with van der Waals surface area (Å²) in [6.07, 6.45) is -0.143. The third-order valence-corrected chi connectivity index (χ3v) is 5.04. The van der Waals surface area contributed by atoms with Gasteiger partial charge in [-0.1, -0.05) is 22.0 Å². The predicted molar refractivity (Wildman–Crippen MR) is 79.0 cm³/mol. The Hall–Kier alpha value is -1.05. The molecule has 0 saturated carbocycles. The molecule has 1 fully saturated rings. The van der Waals surface area contributed by atoms with E-state index in [-0.39, 0.29) is 11.7 Å². The highest BCUT2D eigenvalue weighted by Gasteiger charge is 2.41. The van der Waals surface area contributed by atoms with Crippen LogP contribution in [-0.4, -0.2) is 40.0 Å². The van der Waals surface area contributed by atoms with Gasteiger partial charge in [0, 0.05) is 27.1 Å². The second-order valence-electron chi connectivity index (χ2n) is 4.60. The lowest BCUT2D eigenvalue weighted by Gasteiger charge is -2.19. The zero-order valence-corrected chi connectivity index (χ0v) is 12.9. The molecule has 0 aliphatic carbocycles. The lowest BCUT2D eigenvalue weighted by atomic mass is 9.96. The maximum Gasteiger partial charge on any atom is 0.321 e. The number of hydrogen-bond donors (Lipinski definition) is 3. The van der Waals surface area contributed by atoms with Crippen LogP contribution >= 0.6 is 27.7 Å². The first-order valence-electron chi connectivity index (χ1n) is 6.07. The van der Waals surface area contributed by atoms with Crippen molar-refractivity contribution in [2.75, 3.05) is 6.54 Å². The first-order chi connectivity index (χ1) is 9.47. The molecule has 0 spiro atoms. The van der Waals surface area contributed by atoms with Crippen molar-refractivity contribution in [3.63, 3.8) is 0 Å². The lowest BCUT2D eigenvalue weighted by molar-refractivity contribution is -0.141. The number of hydrogen-bond acceptors (Lipinski definition) is 4. The second kappa shape index (κ2) is 6.60. The molecule has 0 amide bonds. The summed E-state index contributed by atoms with van der Waals surface area (Å²) in [5, 5.41) is 20.9. The fourth-order valence-electron chi connectivity index (χ4n) is 2.33. The number of benzene rings is 1. The first kappa shape index (κ1) is 15.3. The fourth-order valence-corrected chi connectivity index (χ4v) is 4.19. The number of thioether (sulfide) groups is 1. The number of carboxylic acids is 2. The standard InChI is InChI=1S/C13H14BrNO4S/c14-7-2-1-3-8(4-7)20-10-6-15-12(13(18)19)9(10)5-11(16)17/h1-4,9-10,12,15H,5-6H2,(H,16,17)(H,18,19)/t9-,10-,12?/m0/s1. The maximum atomic E-state index is 11.2. The number of halogens is 1. The molecule has 1 aromatic carbocycles. The monoisotopic (exact) mass is 359 g/mol. The van der Waals surface area contributed by atoms with Crippen molar-refractivity contribution in [3.8, 4) is 0 Å². The predicted octanol–water partition coefficient (Wildman–Crippen LogP) is 2.06. The van der Waals surface area contributed by atoms with Gasteiger partial charge in [0.15, 0.2) is 0 Å². The number of carboxylic acid groups (broad SMARTS) is 2. The van der Waals surface area contributed by atoms with Crippen LogP contribution in [0.2, 0.25) is 0 Å². The van der Waals surface area contributed by atoms with E-state index in [0.717, 1.165) is 9.37 Å². The van der Waals surface area contributed by atoms with Crippen LogP contribution in [0.4, 0.5) is 0 Å². The minimum absolute atomic E-state index is 0.0681. The van der Waals surface area contributed by atoms with Gasteiger partial charge in [-0.15, -0.1) is 11.8 Å². The van der Waals surface area contributed by atoms with Crippen molar-refractivity contribution < 1.29 is 19.8 Å². The quantitative estimate of drug-likeness (QED) is 0.745. The first-order valence-corrected chi connectivity index (χ1v) is 7.75. The number of carbonyl (C=O) groups is 2. The normalized spacial score (nSPS) is 25.6. The molecule has 1 unspecified atom stereocenters. The second-order valence-corrected chi connectivity index (χ2v) is 6.83. The molecule has 3 atom stereocenters. The van der Waals surface area contributed by atoms with Gasteiger partial charge in [-0.05, 0) is 18.2 Å². The Labute approximate surface area is 128 Å². The molecule has 5 nitrogen and oxygen atoms in total. The summed E-state index contributed by atoms with van der Waals surface area (Å²) in [6.45, 7) is 0.492. The van der Waals surface area contributed by atoms with Crippen molar-refractivity contribution >= 4 is 39.6 Å². The van der Waals surface area contributed by atoms with E-state index in [0.29, 0.717) is 6.54 Å². The van der Waals surface area contributed by atoms with Crippen molar-refractivity contribution in [1.82, 2.24) is 5.32 Å². The molecule has 1 saturated heterocycles. The zero-order valence-electron chi connectivity index (χ0n) is 10.5. The molecular formula is C13H14BrNO4S. The molecule has 1 aliphatic heterocycles. The molecule has 20 heavy (non-hydrogen) atoms. The molecule has 7 heteroatoms. The van der Waals surface area contributed by atoms with Gasteiger partial charge in [-0.3, -0.25) is 9.59 Å². The van der Waals surface area contributed by atoms with Crippen molar-refractivity contribution in [3.05, 3.63) is 28.7 Å². The summed E-state index contributed by atoms with van der Waals surface area (Å²) in [6, 6.07) is 6.88. The van der Waals surface area contributed by atoms with Crippen LogP contribution in [0.15, 0.2) is 33.6 Å². The molecular weight excluding hydrogens is 346 g/mol. The highest BCUT2D eigenvalue weighted by molar-refractivity contribution is 9.10. The van der Waals surface area contributed by atoms with Crippen molar-refractivity contribution in [1.29, 1.82) is 0 Å². The van der Waals surface area contributed by atoms with E-state index in [9.17, 15) is 9.59 Å². The van der Waals surface area contributed by atoms with Crippen LogP contribution in [0.5, 0.6) is 0 Å². The molecule has 0 aromatic heterocycles. The Morgan fingerprint density at radius 1 is 1.40 bits per heavy atom. The van der Waals surface area contributed by atoms with E-state index < -0.39 is 23.9 Å². The van der Waals surface area contributed by atoms with E-state index in [1.807, 2.05) is 24.3 Å². The Morgan fingerprint density at radius 3 is 2.75 bits per heavy atom. The maximum absolute atomic E-state index is 11.2. The van der Waals surface area contributed by atoms with Gasteiger partial charge < -0.3 is 15.5 Å². The number of rotatable bonds is 5. The van der Waals surface area contributed by atoms with Crippen molar-refractivity contribution in [2.45, 2.75) is 22.6 Å². The van der Waals surface area contributed by atoms with Crippen LogP contribution < -0.4 is 5.32 Å². The Kier molecular flexibility index (Phi) is 5.06. The number of nitrogens with one attached hydrogen (secondary N) is 1. The molecule has 1 heterocycles. The third kappa shape index (κ3) is 3.74. The SMILES string of the molecule is O=C(O)C[C@@H]1C(C(=O)O)NC[C@@H]1Sc1cccc(Br)c1. The van der Waals surface area contributed by atoms with Gasteiger partial charge in [0.25, 0.3) is 0 Å². The highest BCUT2D eigenvalue weighted by atomic mass is 79.9. The van der Waals surface area contributed by atoms with Crippen LogP contribution in [-0.2, 0) is 9.59 Å². The largest absolute Gasteiger partial charge is 0.481 e. The smallest absolute Gasteiger partial charge is 0.321 e. The Morgan fingerprint density at radius 2 is 2.15 bits per heavy atom. The molecule has 1 aliphatic rings. The lowest BCUT2D eigenvalue weighted by Crippen LogP contribution is -2.37. The molecule has 108 valence electrons. The average molecular weight is 360 g/mol. The summed E-state index contributed by atoms with van der Waals surface area (Å²) in [5.41, 5.74) is 0. The Balaban J connectivity index is 2.13. The van der Waals surface area contributed by atoms with Crippen molar-refractivity contribution in [2.24, 2.45) is 5.92 Å². The van der Waals surface area contributed by atoms with Gasteiger partial charge in [0.1, 0.15) is 6.04 Å². The van der Waals surface area contributed by atoms with Crippen LogP contribution in [0, 0.1) is 5.92 Å². The van der Waals surface area contributed by atoms with E-state index in [1.165, 1.54) is 11.8 Å². The molecule has 2 rings (SSSR count). The van der Waals surface area contributed by atoms with Gasteiger partial charge in [0.05, 0.1) is 6.42 Å². The molecule has 0 bridgehead atoms.